The molecule has 1 aromatic carbocycles. The molecule has 1 amide bonds. The number of ether oxygens (including phenoxy) is 2. The fourth-order valence-electron chi connectivity index (χ4n) is 4.09. The predicted octanol–water partition coefficient (Wildman–Crippen LogP) is 2.85. The Bertz CT molecular complexity index is 629. The molecule has 0 unspecified atom stereocenters. The molecule has 0 atom stereocenters. The fraction of sp³-hybridized carbons (Fsp3) is 0.632. The van der Waals surface area contributed by atoms with Gasteiger partial charge in [-0.25, -0.2) is 0 Å². The van der Waals surface area contributed by atoms with E-state index in [1.807, 2.05) is 0 Å². The third-order valence-electron chi connectivity index (χ3n) is 5.81. The number of carbonyl (C=O) groups excluding carboxylic acids is 1. The van der Waals surface area contributed by atoms with Crippen molar-refractivity contribution >= 4 is 5.91 Å². The summed E-state index contributed by atoms with van der Waals surface area (Å²) in [5, 5.41) is 0. The van der Waals surface area contributed by atoms with Crippen LogP contribution in [0.3, 0.4) is 0 Å². The quantitative estimate of drug-likeness (QED) is 0.858. The molecule has 2 heterocycles. The van der Waals surface area contributed by atoms with Gasteiger partial charge in [0.25, 0.3) is 0 Å². The van der Waals surface area contributed by atoms with Gasteiger partial charge in [-0.3, -0.25) is 4.79 Å². The SMILES string of the molecule is O=C(C1CCC1)N(Cc1c2c(cc3c1OCC3)OCC2)C1CC1. The van der Waals surface area contributed by atoms with Gasteiger partial charge in [-0.05, 0) is 31.7 Å². The summed E-state index contributed by atoms with van der Waals surface area (Å²) in [5.74, 6) is 2.72. The van der Waals surface area contributed by atoms with Gasteiger partial charge >= 0.3 is 0 Å². The Morgan fingerprint density at radius 2 is 1.96 bits per heavy atom. The van der Waals surface area contributed by atoms with Crippen molar-refractivity contribution in [1.29, 1.82) is 0 Å². The van der Waals surface area contributed by atoms with Crippen LogP contribution in [0.15, 0.2) is 6.07 Å². The first-order valence-electron chi connectivity index (χ1n) is 9.05. The summed E-state index contributed by atoms with van der Waals surface area (Å²) in [6, 6.07) is 2.61. The lowest BCUT2D eigenvalue weighted by atomic mass is 9.84. The van der Waals surface area contributed by atoms with Gasteiger partial charge in [0, 0.05) is 41.5 Å². The van der Waals surface area contributed by atoms with Crippen molar-refractivity contribution in [1.82, 2.24) is 4.90 Å². The number of carbonyl (C=O) groups is 1. The lowest BCUT2D eigenvalue weighted by Gasteiger charge is -2.32. The van der Waals surface area contributed by atoms with Crippen LogP contribution >= 0.6 is 0 Å². The first kappa shape index (κ1) is 13.7. The zero-order chi connectivity index (χ0) is 15.4. The summed E-state index contributed by atoms with van der Waals surface area (Å²) >= 11 is 0. The molecule has 1 aromatic rings. The van der Waals surface area contributed by atoms with E-state index in [4.69, 9.17) is 9.47 Å². The van der Waals surface area contributed by atoms with Crippen molar-refractivity contribution in [2.75, 3.05) is 13.2 Å². The third-order valence-corrected chi connectivity index (χ3v) is 5.81. The maximum Gasteiger partial charge on any atom is 0.226 e. The fourth-order valence-corrected chi connectivity index (χ4v) is 4.09. The second kappa shape index (κ2) is 5.15. The molecule has 0 N–H and O–H groups in total. The second-order valence-corrected chi connectivity index (χ2v) is 7.34. The molecule has 0 radical (unpaired) electrons. The molecule has 5 rings (SSSR count). The predicted molar refractivity (Wildman–Crippen MR) is 85.8 cm³/mol. The Morgan fingerprint density at radius 1 is 1.13 bits per heavy atom. The summed E-state index contributed by atoms with van der Waals surface area (Å²) in [7, 11) is 0. The summed E-state index contributed by atoms with van der Waals surface area (Å²) in [4.78, 5) is 15.0. The van der Waals surface area contributed by atoms with E-state index in [-0.39, 0.29) is 5.92 Å². The third kappa shape index (κ3) is 2.22. The molecule has 2 aliphatic carbocycles. The van der Waals surface area contributed by atoms with Gasteiger partial charge in [-0.2, -0.15) is 0 Å². The Labute approximate surface area is 136 Å². The minimum Gasteiger partial charge on any atom is -0.493 e. The van der Waals surface area contributed by atoms with Crippen molar-refractivity contribution in [3.05, 3.63) is 22.8 Å². The van der Waals surface area contributed by atoms with Gasteiger partial charge in [-0.1, -0.05) is 6.42 Å². The van der Waals surface area contributed by atoms with Crippen LogP contribution in [0.1, 0.15) is 48.8 Å². The number of benzene rings is 1. The largest absolute Gasteiger partial charge is 0.493 e. The molecule has 0 bridgehead atoms. The van der Waals surface area contributed by atoms with Crippen LogP contribution < -0.4 is 9.47 Å². The smallest absolute Gasteiger partial charge is 0.226 e. The maximum absolute atomic E-state index is 12.9. The molecule has 23 heavy (non-hydrogen) atoms. The average molecular weight is 313 g/mol. The molecule has 122 valence electrons. The monoisotopic (exact) mass is 313 g/mol. The molecule has 0 spiro atoms. The minimum atomic E-state index is 0.276. The Kier molecular flexibility index (Phi) is 3.07. The Hall–Kier alpha value is -1.71. The van der Waals surface area contributed by atoms with E-state index >= 15 is 0 Å². The zero-order valence-electron chi connectivity index (χ0n) is 13.5. The van der Waals surface area contributed by atoms with E-state index in [0.717, 1.165) is 69.8 Å². The first-order chi connectivity index (χ1) is 11.3. The van der Waals surface area contributed by atoms with E-state index in [0.29, 0.717) is 11.9 Å². The highest BCUT2D eigenvalue weighted by atomic mass is 16.5. The molecule has 4 heteroatoms. The normalized spacial score (nSPS) is 21.9. The van der Waals surface area contributed by atoms with Crippen molar-refractivity contribution in [3.8, 4) is 11.5 Å². The molecule has 0 aromatic heterocycles. The zero-order valence-corrected chi connectivity index (χ0v) is 13.5. The second-order valence-electron chi connectivity index (χ2n) is 7.34. The van der Waals surface area contributed by atoms with E-state index in [1.165, 1.54) is 23.1 Å². The van der Waals surface area contributed by atoms with Crippen LogP contribution in [0.4, 0.5) is 0 Å². The van der Waals surface area contributed by atoms with Crippen LogP contribution in [0.5, 0.6) is 11.5 Å². The number of fused-ring (bicyclic) bond motifs is 2. The molecule has 2 fully saturated rings. The molecular weight excluding hydrogens is 290 g/mol. The van der Waals surface area contributed by atoms with Crippen molar-refractivity contribution in [2.24, 2.45) is 5.92 Å². The summed E-state index contributed by atoms with van der Waals surface area (Å²) in [6.07, 6.45) is 7.58. The number of nitrogens with zero attached hydrogens (tertiary/aromatic N) is 1. The lowest BCUT2D eigenvalue weighted by Crippen LogP contribution is -2.40. The summed E-state index contributed by atoms with van der Waals surface area (Å²) in [5.41, 5.74) is 3.76. The highest BCUT2D eigenvalue weighted by Crippen LogP contribution is 2.43. The standard InChI is InChI=1S/C19H23NO3/c21-19(12-2-1-3-12)20(14-4-5-14)11-16-15-7-9-22-17(15)10-13-6-8-23-18(13)16/h10,12,14H,1-9,11H2. The van der Waals surface area contributed by atoms with Crippen LogP contribution in [0.25, 0.3) is 0 Å². The van der Waals surface area contributed by atoms with E-state index in [1.54, 1.807) is 0 Å². The lowest BCUT2D eigenvalue weighted by molar-refractivity contribution is -0.139. The van der Waals surface area contributed by atoms with Gasteiger partial charge in [0.1, 0.15) is 11.5 Å². The van der Waals surface area contributed by atoms with Crippen molar-refractivity contribution < 1.29 is 14.3 Å². The topological polar surface area (TPSA) is 38.8 Å². The van der Waals surface area contributed by atoms with Gasteiger partial charge in [0.05, 0.1) is 19.8 Å². The Balaban J connectivity index is 1.50. The molecule has 4 nitrogen and oxygen atoms in total. The molecule has 4 aliphatic rings. The molecular formula is C19H23NO3. The van der Waals surface area contributed by atoms with E-state index in [2.05, 4.69) is 11.0 Å². The van der Waals surface area contributed by atoms with Gasteiger partial charge in [0.2, 0.25) is 5.91 Å². The average Bonchev–Trinajstić information content (AvgIpc) is 3.03. The van der Waals surface area contributed by atoms with Gasteiger partial charge in [-0.15, -0.1) is 0 Å². The summed E-state index contributed by atoms with van der Waals surface area (Å²) < 4.78 is 11.7. The maximum atomic E-state index is 12.9. The highest BCUT2D eigenvalue weighted by Gasteiger charge is 2.39. The number of rotatable bonds is 4. The first-order valence-corrected chi connectivity index (χ1v) is 9.05. The minimum absolute atomic E-state index is 0.276. The molecule has 2 aliphatic heterocycles. The van der Waals surface area contributed by atoms with Crippen LogP contribution in [-0.2, 0) is 24.2 Å². The number of hydrogen-bond acceptors (Lipinski definition) is 3. The Morgan fingerprint density at radius 3 is 2.70 bits per heavy atom. The van der Waals surface area contributed by atoms with Crippen LogP contribution in [0, 0.1) is 5.92 Å². The number of amides is 1. The highest BCUT2D eigenvalue weighted by molar-refractivity contribution is 5.80. The summed E-state index contributed by atoms with van der Waals surface area (Å²) in [6.45, 7) is 2.23. The van der Waals surface area contributed by atoms with Crippen LogP contribution in [0.2, 0.25) is 0 Å². The van der Waals surface area contributed by atoms with E-state index < -0.39 is 0 Å². The van der Waals surface area contributed by atoms with Crippen LogP contribution in [-0.4, -0.2) is 30.1 Å². The number of hydrogen-bond donors (Lipinski definition) is 0. The van der Waals surface area contributed by atoms with Gasteiger partial charge in [0.15, 0.2) is 0 Å². The van der Waals surface area contributed by atoms with E-state index in [9.17, 15) is 4.79 Å². The van der Waals surface area contributed by atoms with Gasteiger partial charge < -0.3 is 14.4 Å². The molecule has 2 saturated carbocycles. The molecule has 0 saturated heterocycles. The van der Waals surface area contributed by atoms with Crippen molar-refractivity contribution in [3.63, 3.8) is 0 Å². The van der Waals surface area contributed by atoms with Crippen molar-refractivity contribution in [2.45, 2.75) is 57.5 Å².